The van der Waals surface area contributed by atoms with Crippen LogP contribution in [-0.2, 0) is 22.5 Å². The summed E-state index contributed by atoms with van der Waals surface area (Å²) in [5.41, 5.74) is 2.98. The van der Waals surface area contributed by atoms with Gasteiger partial charge in [-0.05, 0) is 35.7 Å². The summed E-state index contributed by atoms with van der Waals surface area (Å²) in [6.07, 6.45) is 6.65. The van der Waals surface area contributed by atoms with Gasteiger partial charge < -0.3 is 9.64 Å². The molecule has 30 heavy (non-hydrogen) atoms. The van der Waals surface area contributed by atoms with E-state index in [4.69, 9.17) is 4.74 Å². The van der Waals surface area contributed by atoms with E-state index in [0.717, 1.165) is 67.8 Å². The van der Waals surface area contributed by atoms with Crippen LogP contribution in [0.25, 0.3) is 10.9 Å². The number of carbonyl (C=O) groups is 1. The molecule has 1 aliphatic rings. The molecule has 0 radical (unpaired) electrons. The van der Waals surface area contributed by atoms with Crippen molar-refractivity contribution in [3.63, 3.8) is 0 Å². The molecule has 0 unspecified atom stereocenters. The van der Waals surface area contributed by atoms with E-state index in [-0.39, 0.29) is 5.91 Å². The lowest BCUT2D eigenvalue weighted by molar-refractivity contribution is -0.131. The molecule has 1 aliphatic heterocycles. The molecule has 1 fully saturated rings. The summed E-state index contributed by atoms with van der Waals surface area (Å²) in [7, 11) is 0. The average molecular weight is 405 g/mol. The number of ether oxygens (including phenoxy) is 1. The van der Waals surface area contributed by atoms with E-state index in [2.05, 4.69) is 14.9 Å². The number of hydrogen-bond acceptors (Lipinski definition) is 5. The van der Waals surface area contributed by atoms with Gasteiger partial charge >= 0.3 is 0 Å². The molecule has 0 atom stereocenters. The summed E-state index contributed by atoms with van der Waals surface area (Å²) in [5.74, 6) is 0.131. The van der Waals surface area contributed by atoms with Crippen molar-refractivity contribution in [1.29, 1.82) is 0 Å². The van der Waals surface area contributed by atoms with E-state index < -0.39 is 0 Å². The van der Waals surface area contributed by atoms with Crippen molar-refractivity contribution >= 4 is 16.8 Å². The number of carbonyl (C=O) groups excluding carboxylic acids is 1. The Balaban J connectivity index is 1.45. The van der Waals surface area contributed by atoms with Crippen LogP contribution >= 0.6 is 0 Å². The summed E-state index contributed by atoms with van der Waals surface area (Å²) in [6.45, 7) is 5.86. The highest BCUT2D eigenvalue weighted by Crippen LogP contribution is 2.18. The van der Waals surface area contributed by atoms with Crippen molar-refractivity contribution in [2.75, 3.05) is 39.4 Å². The van der Waals surface area contributed by atoms with Crippen molar-refractivity contribution in [3.8, 4) is 0 Å². The van der Waals surface area contributed by atoms with Crippen molar-refractivity contribution in [2.24, 2.45) is 0 Å². The first-order chi connectivity index (χ1) is 14.8. The molecule has 1 saturated heterocycles. The Hall–Kier alpha value is -2.83. The lowest BCUT2D eigenvalue weighted by atomic mass is 10.1. The predicted molar refractivity (Wildman–Crippen MR) is 117 cm³/mol. The molecule has 156 valence electrons. The number of pyridine rings is 2. The minimum atomic E-state index is 0.131. The lowest BCUT2D eigenvalue weighted by Crippen LogP contribution is -2.39. The SMILES string of the molecule is O=C(Cc1cccc2cccnc12)N(CCCN1CCOCC1)Cc1ccncc1. The van der Waals surface area contributed by atoms with Gasteiger partial charge in [0.1, 0.15) is 0 Å². The zero-order valence-corrected chi connectivity index (χ0v) is 17.2. The first-order valence-corrected chi connectivity index (χ1v) is 10.6. The highest BCUT2D eigenvalue weighted by Gasteiger charge is 2.17. The number of amides is 1. The summed E-state index contributed by atoms with van der Waals surface area (Å²) >= 11 is 0. The zero-order chi connectivity index (χ0) is 20.6. The number of morpholine rings is 1. The standard InChI is InChI=1S/C24H28N4O2/c29-23(18-22-5-1-4-21-6-2-9-26-24(21)22)28(19-20-7-10-25-11-8-20)13-3-12-27-14-16-30-17-15-27/h1-2,4-11H,3,12-19H2. The minimum absolute atomic E-state index is 0.131. The number of fused-ring (bicyclic) bond motifs is 1. The second-order valence-corrected chi connectivity index (χ2v) is 7.65. The third-order valence-corrected chi connectivity index (χ3v) is 5.54. The highest BCUT2D eigenvalue weighted by molar-refractivity contribution is 5.87. The number of rotatable bonds is 8. The summed E-state index contributed by atoms with van der Waals surface area (Å²) in [4.78, 5) is 26.3. The second-order valence-electron chi connectivity index (χ2n) is 7.65. The molecule has 6 heteroatoms. The van der Waals surface area contributed by atoms with Gasteiger partial charge in [0.15, 0.2) is 0 Å². The second kappa shape index (κ2) is 10.3. The topological polar surface area (TPSA) is 58.6 Å². The Bertz CT molecular complexity index is 952. The molecule has 0 aliphatic carbocycles. The van der Waals surface area contributed by atoms with E-state index in [1.54, 1.807) is 18.6 Å². The summed E-state index contributed by atoms with van der Waals surface area (Å²) < 4.78 is 5.43. The van der Waals surface area contributed by atoms with Gasteiger partial charge in [0.05, 0.1) is 25.2 Å². The highest BCUT2D eigenvalue weighted by atomic mass is 16.5. The molecule has 1 aromatic carbocycles. The van der Waals surface area contributed by atoms with E-state index in [9.17, 15) is 4.79 Å². The summed E-state index contributed by atoms with van der Waals surface area (Å²) in [6, 6.07) is 13.9. The fraction of sp³-hybridized carbons (Fsp3) is 0.375. The monoisotopic (exact) mass is 404 g/mol. The predicted octanol–water partition coefficient (Wildman–Crippen LogP) is 2.92. The first-order valence-electron chi connectivity index (χ1n) is 10.6. The van der Waals surface area contributed by atoms with Crippen LogP contribution < -0.4 is 0 Å². The molecule has 2 aromatic heterocycles. The number of aromatic nitrogens is 2. The van der Waals surface area contributed by atoms with Crippen molar-refractivity contribution in [1.82, 2.24) is 19.8 Å². The Labute approximate surface area is 177 Å². The largest absolute Gasteiger partial charge is 0.379 e. The smallest absolute Gasteiger partial charge is 0.227 e. The Morgan fingerprint density at radius 1 is 1.03 bits per heavy atom. The molecule has 4 rings (SSSR count). The molecule has 0 spiro atoms. The number of hydrogen-bond donors (Lipinski definition) is 0. The van der Waals surface area contributed by atoms with Crippen LogP contribution in [-0.4, -0.2) is 65.1 Å². The van der Waals surface area contributed by atoms with Gasteiger partial charge in [-0.1, -0.05) is 24.3 Å². The third kappa shape index (κ3) is 5.40. The van der Waals surface area contributed by atoms with Gasteiger partial charge in [-0.15, -0.1) is 0 Å². The van der Waals surface area contributed by atoms with E-state index in [1.807, 2.05) is 47.4 Å². The average Bonchev–Trinajstić information content (AvgIpc) is 2.80. The fourth-order valence-electron chi connectivity index (χ4n) is 3.90. The molecular weight excluding hydrogens is 376 g/mol. The number of benzene rings is 1. The molecule has 3 aromatic rings. The number of para-hydroxylation sites is 1. The molecule has 1 amide bonds. The van der Waals surface area contributed by atoms with Crippen LogP contribution in [0.2, 0.25) is 0 Å². The first kappa shape index (κ1) is 20.4. The molecule has 0 bridgehead atoms. The Kier molecular flexibility index (Phi) is 7.00. The van der Waals surface area contributed by atoms with Crippen LogP contribution in [0.15, 0.2) is 61.1 Å². The third-order valence-electron chi connectivity index (χ3n) is 5.54. The molecule has 0 N–H and O–H groups in total. The molecule has 0 saturated carbocycles. The normalized spacial score (nSPS) is 14.7. The van der Waals surface area contributed by atoms with Gasteiger partial charge in [0, 0.05) is 56.7 Å². The van der Waals surface area contributed by atoms with Gasteiger partial charge in [0.2, 0.25) is 5.91 Å². The van der Waals surface area contributed by atoms with Gasteiger partial charge in [-0.3, -0.25) is 19.7 Å². The van der Waals surface area contributed by atoms with Crippen molar-refractivity contribution < 1.29 is 9.53 Å². The van der Waals surface area contributed by atoms with Crippen molar-refractivity contribution in [3.05, 3.63) is 72.2 Å². The van der Waals surface area contributed by atoms with Crippen LogP contribution in [0.3, 0.4) is 0 Å². The van der Waals surface area contributed by atoms with Crippen LogP contribution in [0, 0.1) is 0 Å². The van der Waals surface area contributed by atoms with Gasteiger partial charge in [-0.25, -0.2) is 0 Å². The fourth-order valence-corrected chi connectivity index (χ4v) is 3.90. The molecule has 6 nitrogen and oxygen atoms in total. The molecule has 3 heterocycles. The van der Waals surface area contributed by atoms with E-state index >= 15 is 0 Å². The van der Waals surface area contributed by atoms with Crippen LogP contribution in [0.5, 0.6) is 0 Å². The Morgan fingerprint density at radius 2 is 1.83 bits per heavy atom. The summed E-state index contributed by atoms with van der Waals surface area (Å²) in [5, 5.41) is 1.07. The number of nitrogens with zero attached hydrogens (tertiary/aromatic N) is 4. The Morgan fingerprint density at radius 3 is 2.67 bits per heavy atom. The maximum atomic E-state index is 13.3. The molecular formula is C24H28N4O2. The van der Waals surface area contributed by atoms with Gasteiger partial charge in [-0.2, -0.15) is 0 Å². The van der Waals surface area contributed by atoms with Crippen molar-refractivity contribution in [2.45, 2.75) is 19.4 Å². The van der Waals surface area contributed by atoms with Gasteiger partial charge in [0.25, 0.3) is 0 Å². The quantitative estimate of drug-likeness (QED) is 0.578. The lowest BCUT2D eigenvalue weighted by Gasteiger charge is -2.28. The van der Waals surface area contributed by atoms with Crippen LogP contribution in [0.1, 0.15) is 17.5 Å². The minimum Gasteiger partial charge on any atom is -0.379 e. The van der Waals surface area contributed by atoms with Crippen LogP contribution in [0.4, 0.5) is 0 Å². The van der Waals surface area contributed by atoms with E-state index in [0.29, 0.717) is 13.0 Å². The maximum absolute atomic E-state index is 13.3. The van der Waals surface area contributed by atoms with E-state index in [1.165, 1.54) is 0 Å². The zero-order valence-electron chi connectivity index (χ0n) is 17.2. The maximum Gasteiger partial charge on any atom is 0.227 e.